The largest absolute Gasteiger partial charge is 0.311 e. The maximum absolute atomic E-state index is 2.68. The molecule has 0 saturated heterocycles. The Morgan fingerprint density at radius 3 is 1.71 bits per heavy atom. The first-order valence-electron chi connectivity index (χ1n) is 20.6. The van der Waals surface area contributed by atoms with Gasteiger partial charge < -0.3 is 17.8 Å². The second kappa shape index (κ2) is 8.86. The lowest BCUT2D eigenvalue weighted by Crippen LogP contribution is -2.33. The highest BCUT2D eigenvalue weighted by molar-refractivity contribution is 6.34. The number of rotatable bonds is 0. The molecule has 0 N–H and O–H groups in total. The molecule has 0 spiro atoms. The average molecular weight is 733 g/mol. The van der Waals surface area contributed by atoms with Crippen molar-refractivity contribution in [2.75, 3.05) is 0 Å². The van der Waals surface area contributed by atoms with Crippen molar-refractivity contribution in [1.82, 2.24) is 17.8 Å². The van der Waals surface area contributed by atoms with Crippen LogP contribution in [-0.4, -0.2) is 17.8 Å². The van der Waals surface area contributed by atoms with Gasteiger partial charge in [0.25, 0.3) is 0 Å². The van der Waals surface area contributed by atoms with E-state index in [0.717, 1.165) is 6.42 Å². The molecule has 264 valence electrons. The van der Waals surface area contributed by atoms with Crippen molar-refractivity contribution in [3.05, 3.63) is 162 Å². The standard InChI is InChI=1S/C54H28N4/c1-3-19-41-27(9-1)29-11-7-17-37-47-43(55(41)51(29)37)23-21-35-31-13-5-15-33-39-26-46-40(25-45(39)57(49(31)33)53(35)47)34-16-6-14-32-36-22-24-44-48(54(36)58(46)50(32)34)38-18-8-12-30-28-10-2-4-20-42(28)56(44)52(30)38/h1-21,23-26,36H,22H2. The normalized spacial score (nSPS) is 15.8. The maximum Gasteiger partial charge on any atom is 0.0641 e. The molecule has 17 rings (SSSR count). The average Bonchev–Trinajstić information content (AvgIpc) is 4.15. The monoisotopic (exact) mass is 732 g/mol. The molecule has 15 aromatic rings. The highest BCUT2D eigenvalue weighted by Gasteiger charge is 2.36. The Kier molecular flexibility index (Phi) is 4.27. The van der Waals surface area contributed by atoms with Crippen molar-refractivity contribution in [3.8, 4) is 0 Å². The molecule has 0 amide bonds. The van der Waals surface area contributed by atoms with Crippen molar-refractivity contribution < 1.29 is 0 Å². The van der Waals surface area contributed by atoms with Gasteiger partial charge in [0.1, 0.15) is 0 Å². The topological polar surface area (TPSA) is 18.2 Å². The van der Waals surface area contributed by atoms with Gasteiger partial charge in [-0.05, 0) is 42.3 Å². The van der Waals surface area contributed by atoms with Gasteiger partial charge in [-0.15, -0.1) is 0 Å². The molecule has 0 radical (unpaired) electrons. The smallest absolute Gasteiger partial charge is 0.0641 e. The Morgan fingerprint density at radius 1 is 0.362 bits per heavy atom. The maximum atomic E-state index is 2.68. The highest BCUT2D eigenvalue weighted by Crippen LogP contribution is 2.51. The number of benzene rings is 8. The van der Waals surface area contributed by atoms with E-state index in [1.54, 1.807) is 0 Å². The van der Waals surface area contributed by atoms with Crippen molar-refractivity contribution in [2.24, 2.45) is 0 Å². The van der Waals surface area contributed by atoms with Crippen molar-refractivity contribution in [3.63, 3.8) is 0 Å². The molecule has 8 heterocycles. The summed E-state index contributed by atoms with van der Waals surface area (Å²) in [6.45, 7) is 0. The molecule has 1 unspecified atom stereocenters. The molecular weight excluding hydrogens is 705 g/mol. The van der Waals surface area contributed by atoms with Crippen molar-refractivity contribution in [2.45, 2.75) is 12.3 Å². The van der Waals surface area contributed by atoms with Crippen LogP contribution in [0.5, 0.6) is 0 Å². The lowest BCUT2D eigenvalue weighted by atomic mass is 9.89. The predicted molar refractivity (Wildman–Crippen MR) is 242 cm³/mol. The predicted octanol–water partition coefficient (Wildman–Crippen LogP) is 12.0. The van der Waals surface area contributed by atoms with Crippen molar-refractivity contribution >= 4 is 137 Å². The molecule has 0 saturated carbocycles. The van der Waals surface area contributed by atoms with E-state index in [1.807, 2.05) is 0 Å². The zero-order valence-corrected chi connectivity index (χ0v) is 31.0. The fourth-order valence-corrected chi connectivity index (χ4v) is 12.8. The van der Waals surface area contributed by atoms with Gasteiger partial charge >= 0.3 is 0 Å². The van der Waals surface area contributed by atoms with Crippen LogP contribution in [-0.2, 0) is 0 Å². The van der Waals surface area contributed by atoms with Gasteiger partial charge in [0.05, 0.1) is 60.5 Å². The van der Waals surface area contributed by atoms with Gasteiger partial charge in [0.15, 0.2) is 0 Å². The van der Waals surface area contributed by atoms with Crippen molar-refractivity contribution in [1.29, 1.82) is 0 Å². The molecule has 1 aliphatic carbocycles. The zero-order chi connectivity index (χ0) is 36.9. The molecule has 0 bridgehead atoms. The fraction of sp³-hybridized carbons (Fsp3) is 0.0370. The van der Waals surface area contributed by atoms with Crippen LogP contribution < -0.4 is 10.6 Å². The summed E-state index contributed by atoms with van der Waals surface area (Å²) in [6, 6.07) is 55.5. The number of aromatic nitrogens is 4. The highest BCUT2D eigenvalue weighted by atomic mass is 15.0. The summed E-state index contributed by atoms with van der Waals surface area (Å²) in [7, 11) is 0. The van der Waals surface area contributed by atoms with Crippen LogP contribution in [0.4, 0.5) is 0 Å². The van der Waals surface area contributed by atoms with E-state index >= 15 is 0 Å². The van der Waals surface area contributed by atoms with Crippen LogP contribution in [0.25, 0.3) is 137 Å². The molecule has 1 aliphatic heterocycles. The summed E-state index contributed by atoms with van der Waals surface area (Å²) in [4.78, 5) is 0. The van der Waals surface area contributed by atoms with Crippen LogP contribution in [0.2, 0.25) is 0 Å². The summed E-state index contributed by atoms with van der Waals surface area (Å²) in [5.41, 5.74) is 16.0. The van der Waals surface area contributed by atoms with Crippen LogP contribution in [0.1, 0.15) is 17.9 Å². The summed E-state index contributed by atoms with van der Waals surface area (Å²) in [6.07, 6.45) is 3.52. The molecular formula is C54H28N4. The summed E-state index contributed by atoms with van der Waals surface area (Å²) in [5, 5.41) is 20.1. The minimum Gasteiger partial charge on any atom is -0.311 e. The van der Waals surface area contributed by atoms with E-state index in [-0.39, 0.29) is 0 Å². The number of hydrogen-bond acceptors (Lipinski definition) is 0. The van der Waals surface area contributed by atoms with E-state index in [9.17, 15) is 0 Å². The molecule has 1 atom stereocenters. The van der Waals surface area contributed by atoms with E-state index < -0.39 is 0 Å². The third-order valence-corrected chi connectivity index (χ3v) is 14.8. The first kappa shape index (κ1) is 27.9. The van der Waals surface area contributed by atoms with Gasteiger partial charge in [-0.2, -0.15) is 0 Å². The lowest BCUT2D eigenvalue weighted by molar-refractivity contribution is 0.882. The number of para-hydroxylation sites is 6. The van der Waals surface area contributed by atoms with Crippen LogP contribution in [0.15, 0.2) is 146 Å². The minimum atomic E-state index is 0.321. The van der Waals surface area contributed by atoms with Crippen LogP contribution in [0.3, 0.4) is 0 Å². The van der Waals surface area contributed by atoms with Crippen LogP contribution >= 0.6 is 0 Å². The second-order valence-corrected chi connectivity index (χ2v) is 17.1. The van der Waals surface area contributed by atoms with E-state index in [1.165, 1.54) is 147 Å². The first-order chi connectivity index (χ1) is 28.8. The third kappa shape index (κ3) is 2.71. The minimum absolute atomic E-state index is 0.321. The number of nitrogens with zero attached hydrogens (tertiary/aromatic N) is 4. The zero-order valence-electron chi connectivity index (χ0n) is 31.0. The Labute approximate surface area is 327 Å². The SMILES string of the molecule is C1=c2c(c3cccc4c5ccccc5n2c34)=C2C(C1)c1cccc3c4cc5c(cc4n2c13)c1cccc2c3ccc4c(c6cccc7c8ccccc8n4c76)c3n5c12. The molecule has 58 heavy (non-hydrogen) atoms. The number of hydrogen-bond donors (Lipinski definition) is 0. The Hall–Kier alpha value is -7.56. The van der Waals surface area contributed by atoms with Crippen LogP contribution in [0, 0.1) is 0 Å². The van der Waals surface area contributed by atoms with Gasteiger partial charge in [0.2, 0.25) is 0 Å². The van der Waals surface area contributed by atoms with Gasteiger partial charge in [-0.25, -0.2) is 0 Å². The van der Waals surface area contributed by atoms with Gasteiger partial charge in [-0.1, -0.05) is 121 Å². The van der Waals surface area contributed by atoms with Gasteiger partial charge in [-0.3, -0.25) is 0 Å². The molecule has 2 aliphatic rings. The molecule has 7 aromatic heterocycles. The Morgan fingerprint density at radius 2 is 0.914 bits per heavy atom. The van der Waals surface area contributed by atoms with E-state index in [2.05, 4.69) is 169 Å². The van der Waals surface area contributed by atoms with Gasteiger partial charge in [0, 0.05) is 86.9 Å². The number of fused-ring (bicyclic) bond motifs is 25. The fourth-order valence-electron chi connectivity index (χ4n) is 12.8. The lowest BCUT2D eigenvalue weighted by Gasteiger charge is -2.18. The summed E-state index contributed by atoms with van der Waals surface area (Å²) < 4.78 is 10.4. The summed E-state index contributed by atoms with van der Waals surface area (Å²) in [5.74, 6) is 0.321. The Balaban J connectivity index is 1.07. The van der Waals surface area contributed by atoms with E-state index in [0.29, 0.717) is 5.92 Å². The molecule has 4 nitrogen and oxygen atoms in total. The molecule has 8 aromatic carbocycles. The Bertz CT molecular complexity index is 4580. The third-order valence-electron chi connectivity index (χ3n) is 14.8. The summed E-state index contributed by atoms with van der Waals surface area (Å²) >= 11 is 0. The molecule has 0 fully saturated rings. The van der Waals surface area contributed by atoms with E-state index in [4.69, 9.17) is 0 Å². The quantitative estimate of drug-likeness (QED) is 0.148. The second-order valence-electron chi connectivity index (χ2n) is 17.1. The first-order valence-corrected chi connectivity index (χ1v) is 20.6. The molecule has 4 heteroatoms.